The normalized spacial score (nSPS) is 18.9. The third-order valence-corrected chi connectivity index (χ3v) is 3.81. The van der Waals surface area contributed by atoms with E-state index in [4.69, 9.17) is 4.52 Å². The van der Waals surface area contributed by atoms with Crippen LogP contribution in [0.3, 0.4) is 0 Å². The summed E-state index contributed by atoms with van der Waals surface area (Å²) in [5, 5.41) is 7.20. The quantitative estimate of drug-likeness (QED) is 0.941. The van der Waals surface area contributed by atoms with Gasteiger partial charge in [0.2, 0.25) is 11.7 Å². The van der Waals surface area contributed by atoms with Crippen LogP contribution in [0.1, 0.15) is 25.2 Å². The van der Waals surface area contributed by atoms with Crippen molar-refractivity contribution in [2.75, 3.05) is 13.1 Å². The fourth-order valence-corrected chi connectivity index (χ4v) is 2.61. The van der Waals surface area contributed by atoms with Gasteiger partial charge in [-0.25, -0.2) is 8.78 Å². The van der Waals surface area contributed by atoms with Crippen LogP contribution in [0, 0.1) is 17.6 Å². The van der Waals surface area contributed by atoms with Crippen molar-refractivity contribution in [1.82, 2.24) is 15.5 Å². The van der Waals surface area contributed by atoms with Gasteiger partial charge in [0.05, 0.1) is 0 Å². The Labute approximate surface area is 121 Å². The molecule has 112 valence electrons. The second-order valence-corrected chi connectivity index (χ2v) is 5.39. The van der Waals surface area contributed by atoms with E-state index in [0.717, 1.165) is 31.6 Å². The average molecular weight is 293 g/mol. The summed E-state index contributed by atoms with van der Waals surface area (Å²) in [6, 6.07) is 3.58. The molecule has 1 aromatic heterocycles. The van der Waals surface area contributed by atoms with Gasteiger partial charge in [-0.1, -0.05) is 5.16 Å². The van der Waals surface area contributed by atoms with Gasteiger partial charge in [0.15, 0.2) is 11.6 Å². The van der Waals surface area contributed by atoms with Crippen molar-refractivity contribution in [3.05, 3.63) is 35.7 Å². The molecule has 1 aliphatic rings. The molecule has 1 fully saturated rings. The van der Waals surface area contributed by atoms with E-state index in [0.29, 0.717) is 29.6 Å². The first-order valence-corrected chi connectivity index (χ1v) is 7.21. The number of nitrogens with zero attached hydrogens (tertiary/aromatic N) is 2. The molecule has 2 heterocycles. The first-order valence-electron chi connectivity index (χ1n) is 7.21. The monoisotopic (exact) mass is 293 g/mol. The Bertz CT molecular complexity index is 609. The van der Waals surface area contributed by atoms with Crippen LogP contribution in [0.15, 0.2) is 22.7 Å². The van der Waals surface area contributed by atoms with Crippen molar-refractivity contribution in [3.63, 3.8) is 0 Å². The zero-order valence-electron chi connectivity index (χ0n) is 11.6. The van der Waals surface area contributed by atoms with E-state index in [1.807, 2.05) is 0 Å². The Kier molecular flexibility index (Phi) is 4.24. The Morgan fingerprint density at radius 1 is 1.29 bits per heavy atom. The lowest BCUT2D eigenvalue weighted by Gasteiger charge is -2.21. The molecule has 0 saturated carbocycles. The van der Waals surface area contributed by atoms with E-state index in [9.17, 15) is 8.78 Å². The van der Waals surface area contributed by atoms with Gasteiger partial charge in [0.25, 0.3) is 0 Å². The summed E-state index contributed by atoms with van der Waals surface area (Å²) in [5.41, 5.74) is 0.420. The molecule has 1 saturated heterocycles. The van der Waals surface area contributed by atoms with E-state index < -0.39 is 11.6 Å². The molecule has 0 spiro atoms. The Balaban J connectivity index is 1.63. The summed E-state index contributed by atoms with van der Waals surface area (Å²) in [7, 11) is 0. The number of rotatable bonds is 4. The fourth-order valence-electron chi connectivity index (χ4n) is 2.61. The molecule has 2 aromatic rings. The maximum absolute atomic E-state index is 13.2. The van der Waals surface area contributed by atoms with Gasteiger partial charge < -0.3 is 9.84 Å². The second kappa shape index (κ2) is 6.30. The van der Waals surface area contributed by atoms with Gasteiger partial charge >= 0.3 is 0 Å². The molecule has 1 atom stereocenters. The van der Waals surface area contributed by atoms with Crippen LogP contribution in [-0.4, -0.2) is 23.2 Å². The fraction of sp³-hybridized carbons (Fsp3) is 0.467. The molecule has 1 aromatic carbocycles. The zero-order chi connectivity index (χ0) is 14.7. The Morgan fingerprint density at radius 3 is 2.95 bits per heavy atom. The maximum atomic E-state index is 13.2. The molecule has 0 bridgehead atoms. The predicted molar refractivity (Wildman–Crippen MR) is 73.6 cm³/mol. The summed E-state index contributed by atoms with van der Waals surface area (Å²) in [6.45, 7) is 2.13. The SMILES string of the molecule is Fc1ccc(-c2noc(CCC3CCCNC3)n2)cc1F. The van der Waals surface area contributed by atoms with E-state index >= 15 is 0 Å². The lowest BCUT2D eigenvalue weighted by molar-refractivity contribution is 0.327. The van der Waals surface area contributed by atoms with E-state index in [2.05, 4.69) is 15.5 Å². The minimum atomic E-state index is -0.910. The molecule has 1 aliphatic heterocycles. The highest BCUT2D eigenvalue weighted by molar-refractivity contribution is 5.54. The topological polar surface area (TPSA) is 51.0 Å². The number of halogens is 2. The van der Waals surface area contributed by atoms with Gasteiger partial charge in [-0.3, -0.25) is 0 Å². The first-order chi connectivity index (χ1) is 10.2. The highest BCUT2D eigenvalue weighted by atomic mass is 19.2. The molecule has 0 aliphatic carbocycles. The Hall–Kier alpha value is -1.82. The van der Waals surface area contributed by atoms with Crippen LogP contribution in [-0.2, 0) is 6.42 Å². The number of nitrogens with one attached hydrogen (secondary N) is 1. The van der Waals surface area contributed by atoms with Crippen LogP contribution >= 0.6 is 0 Å². The zero-order valence-corrected chi connectivity index (χ0v) is 11.6. The third kappa shape index (κ3) is 3.44. The van der Waals surface area contributed by atoms with Gasteiger partial charge in [0, 0.05) is 12.0 Å². The summed E-state index contributed by atoms with van der Waals surface area (Å²) in [5.74, 6) is -0.317. The number of hydrogen-bond donors (Lipinski definition) is 1. The summed E-state index contributed by atoms with van der Waals surface area (Å²) in [6.07, 6.45) is 4.13. The van der Waals surface area contributed by atoms with Crippen molar-refractivity contribution in [3.8, 4) is 11.4 Å². The van der Waals surface area contributed by atoms with Gasteiger partial charge in [-0.15, -0.1) is 0 Å². The molecule has 1 unspecified atom stereocenters. The number of hydrogen-bond acceptors (Lipinski definition) is 4. The van der Waals surface area contributed by atoms with Crippen molar-refractivity contribution in [1.29, 1.82) is 0 Å². The number of aryl methyl sites for hydroxylation is 1. The first kappa shape index (κ1) is 14.1. The minimum absolute atomic E-state index is 0.297. The van der Waals surface area contributed by atoms with Gasteiger partial charge in [-0.2, -0.15) is 4.98 Å². The highest BCUT2D eigenvalue weighted by Gasteiger charge is 2.16. The van der Waals surface area contributed by atoms with Crippen molar-refractivity contribution < 1.29 is 13.3 Å². The van der Waals surface area contributed by atoms with Crippen LogP contribution in [0.25, 0.3) is 11.4 Å². The molecule has 4 nitrogen and oxygen atoms in total. The molecule has 0 amide bonds. The minimum Gasteiger partial charge on any atom is -0.339 e. The van der Waals surface area contributed by atoms with E-state index in [-0.39, 0.29) is 0 Å². The highest BCUT2D eigenvalue weighted by Crippen LogP contribution is 2.21. The van der Waals surface area contributed by atoms with Crippen molar-refractivity contribution >= 4 is 0 Å². The number of benzene rings is 1. The molecular weight excluding hydrogens is 276 g/mol. The lowest BCUT2D eigenvalue weighted by Crippen LogP contribution is -2.29. The third-order valence-electron chi connectivity index (χ3n) is 3.81. The lowest BCUT2D eigenvalue weighted by atomic mass is 9.95. The van der Waals surface area contributed by atoms with Crippen LogP contribution in [0.2, 0.25) is 0 Å². The summed E-state index contributed by atoms with van der Waals surface area (Å²) >= 11 is 0. The molecular formula is C15H17F2N3O. The smallest absolute Gasteiger partial charge is 0.226 e. The number of piperidine rings is 1. The molecule has 3 rings (SSSR count). The molecule has 21 heavy (non-hydrogen) atoms. The van der Waals surface area contributed by atoms with Crippen molar-refractivity contribution in [2.24, 2.45) is 5.92 Å². The van der Waals surface area contributed by atoms with E-state index in [1.165, 1.54) is 18.9 Å². The van der Waals surface area contributed by atoms with Crippen LogP contribution in [0.5, 0.6) is 0 Å². The standard InChI is InChI=1S/C15H17F2N3O/c16-12-5-4-11(8-13(12)17)15-19-14(21-20-15)6-3-10-2-1-7-18-9-10/h4-5,8,10,18H,1-3,6-7,9H2. The largest absolute Gasteiger partial charge is 0.339 e. The molecule has 0 radical (unpaired) electrons. The predicted octanol–water partition coefficient (Wildman–Crippen LogP) is 2.95. The van der Waals surface area contributed by atoms with Crippen molar-refractivity contribution in [2.45, 2.75) is 25.7 Å². The Morgan fingerprint density at radius 2 is 2.19 bits per heavy atom. The molecule has 6 heteroatoms. The maximum Gasteiger partial charge on any atom is 0.226 e. The van der Waals surface area contributed by atoms with Gasteiger partial charge in [0.1, 0.15) is 0 Å². The summed E-state index contributed by atoms with van der Waals surface area (Å²) in [4.78, 5) is 4.25. The molecule has 1 N–H and O–H groups in total. The average Bonchev–Trinajstić information content (AvgIpc) is 2.98. The summed E-state index contributed by atoms with van der Waals surface area (Å²) < 4.78 is 31.3. The van der Waals surface area contributed by atoms with Crippen LogP contribution in [0.4, 0.5) is 8.78 Å². The second-order valence-electron chi connectivity index (χ2n) is 5.39. The number of aromatic nitrogens is 2. The van der Waals surface area contributed by atoms with Crippen LogP contribution < -0.4 is 5.32 Å². The van der Waals surface area contributed by atoms with E-state index in [1.54, 1.807) is 0 Å². The van der Waals surface area contributed by atoms with Gasteiger partial charge in [-0.05, 0) is 56.5 Å².